The number of benzene rings is 2. The molecule has 3 aromatic rings. The first kappa shape index (κ1) is 20.4. The Morgan fingerprint density at radius 3 is 2.57 bits per heavy atom. The summed E-state index contributed by atoms with van der Waals surface area (Å²) < 4.78 is 20.9. The lowest BCUT2D eigenvalue weighted by Crippen LogP contribution is -2.48. The average molecular weight is 427 g/mol. The lowest BCUT2D eigenvalue weighted by molar-refractivity contribution is 0.0469. The van der Waals surface area contributed by atoms with Crippen LogP contribution in [0, 0.1) is 5.82 Å². The van der Waals surface area contributed by atoms with Crippen LogP contribution < -0.4 is 4.74 Å². The molecule has 0 amide bonds. The van der Waals surface area contributed by atoms with Crippen molar-refractivity contribution in [2.24, 2.45) is 0 Å². The second-order valence-corrected chi connectivity index (χ2v) is 8.22. The largest absolute Gasteiger partial charge is 0.487 e. The summed E-state index contributed by atoms with van der Waals surface area (Å²) in [5.41, 5.74) is 0.350. The van der Waals surface area contributed by atoms with Crippen LogP contribution in [0.5, 0.6) is 5.75 Å². The third kappa shape index (κ3) is 3.36. The van der Waals surface area contributed by atoms with Crippen molar-refractivity contribution < 1.29 is 19.0 Å². The number of fused-ring (bicyclic) bond motifs is 1. The molecule has 0 radical (unpaired) electrons. The van der Waals surface area contributed by atoms with E-state index in [1.807, 2.05) is 30.3 Å². The molecule has 7 heteroatoms. The molecule has 0 aliphatic heterocycles. The Labute approximate surface area is 178 Å². The number of carbonyl (C=O) groups excluding carboxylic acids is 1. The van der Waals surface area contributed by atoms with Gasteiger partial charge in [-0.05, 0) is 17.7 Å². The third-order valence-electron chi connectivity index (χ3n) is 5.51. The summed E-state index contributed by atoms with van der Waals surface area (Å²) in [4.78, 5) is 21.7. The third-order valence-corrected chi connectivity index (χ3v) is 5.81. The first-order chi connectivity index (χ1) is 14.3. The van der Waals surface area contributed by atoms with E-state index in [2.05, 4.69) is 9.97 Å². The molecule has 4 rings (SSSR count). The highest BCUT2D eigenvalue weighted by Crippen LogP contribution is 2.47. The number of nitrogens with zero attached hydrogens (tertiary/aromatic N) is 2. The Hall–Kier alpha value is -2.83. The summed E-state index contributed by atoms with van der Waals surface area (Å²) in [6.45, 7) is 3.63. The van der Waals surface area contributed by atoms with Crippen LogP contribution in [0.2, 0.25) is 5.02 Å². The van der Waals surface area contributed by atoms with Gasteiger partial charge in [0, 0.05) is 23.4 Å². The molecule has 154 valence electrons. The van der Waals surface area contributed by atoms with E-state index in [0.29, 0.717) is 5.69 Å². The number of hydrogen-bond donors (Lipinski definition) is 1. The molecular weight excluding hydrogens is 407 g/mol. The van der Waals surface area contributed by atoms with E-state index in [4.69, 9.17) is 16.3 Å². The van der Waals surface area contributed by atoms with Gasteiger partial charge in [0.05, 0.1) is 22.7 Å². The minimum absolute atomic E-state index is 0.0426. The van der Waals surface area contributed by atoms with Gasteiger partial charge in [-0.2, -0.15) is 0 Å². The van der Waals surface area contributed by atoms with Gasteiger partial charge in [0.2, 0.25) is 0 Å². The van der Waals surface area contributed by atoms with Crippen molar-refractivity contribution in [3.63, 3.8) is 0 Å². The molecule has 2 atom stereocenters. The second-order valence-electron chi connectivity index (χ2n) is 7.81. The number of halogens is 2. The lowest BCUT2D eigenvalue weighted by Gasteiger charge is -2.40. The SMILES string of the molecule is CC1(C)c2nccnc2C(=O)C(c2c(F)ccc(Cl)c2OCc2ccccc2)C1O. The van der Waals surface area contributed by atoms with E-state index in [9.17, 15) is 9.90 Å². The van der Waals surface area contributed by atoms with Crippen molar-refractivity contribution in [3.8, 4) is 5.75 Å². The Morgan fingerprint density at radius 1 is 1.13 bits per heavy atom. The van der Waals surface area contributed by atoms with Crippen LogP contribution in [0.4, 0.5) is 4.39 Å². The molecule has 0 bridgehead atoms. The minimum Gasteiger partial charge on any atom is -0.487 e. The standard InChI is InChI=1S/C23H20ClFN2O3/c1-23(2)21-18(26-10-11-27-21)19(28)17(22(23)29)16-15(25)9-8-14(24)20(16)30-12-13-6-4-3-5-7-13/h3-11,17,22,29H,12H2,1-2H3. The molecule has 0 saturated carbocycles. The summed E-state index contributed by atoms with van der Waals surface area (Å²) in [5.74, 6) is -2.38. The molecular formula is C23H20ClFN2O3. The van der Waals surface area contributed by atoms with Crippen molar-refractivity contribution in [2.45, 2.75) is 37.9 Å². The molecule has 1 aromatic heterocycles. The number of aromatic nitrogens is 2. The van der Waals surface area contributed by atoms with Gasteiger partial charge in [-0.1, -0.05) is 55.8 Å². The number of aliphatic hydroxyl groups excluding tert-OH is 1. The smallest absolute Gasteiger partial charge is 0.193 e. The second kappa shape index (κ2) is 7.78. The molecule has 1 heterocycles. The zero-order valence-corrected chi connectivity index (χ0v) is 17.2. The molecule has 5 nitrogen and oxygen atoms in total. The molecule has 30 heavy (non-hydrogen) atoms. The highest BCUT2D eigenvalue weighted by atomic mass is 35.5. The topological polar surface area (TPSA) is 72.3 Å². The van der Waals surface area contributed by atoms with Crippen molar-refractivity contribution in [1.82, 2.24) is 9.97 Å². The van der Waals surface area contributed by atoms with Gasteiger partial charge >= 0.3 is 0 Å². The Morgan fingerprint density at radius 2 is 1.83 bits per heavy atom. The molecule has 1 aliphatic rings. The van der Waals surface area contributed by atoms with Gasteiger partial charge < -0.3 is 9.84 Å². The van der Waals surface area contributed by atoms with E-state index in [-0.39, 0.29) is 28.6 Å². The summed E-state index contributed by atoms with van der Waals surface area (Å²) in [7, 11) is 0. The lowest BCUT2D eigenvalue weighted by atomic mass is 9.67. The number of ketones is 1. The Balaban J connectivity index is 1.82. The van der Waals surface area contributed by atoms with Gasteiger partial charge in [-0.25, -0.2) is 9.37 Å². The molecule has 0 spiro atoms. The van der Waals surface area contributed by atoms with E-state index in [1.54, 1.807) is 13.8 Å². The molecule has 1 N–H and O–H groups in total. The van der Waals surface area contributed by atoms with Crippen LogP contribution in [0.3, 0.4) is 0 Å². The molecule has 0 saturated heterocycles. The monoisotopic (exact) mass is 426 g/mol. The quantitative estimate of drug-likeness (QED) is 0.666. The van der Waals surface area contributed by atoms with Crippen molar-refractivity contribution in [1.29, 1.82) is 0 Å². The number of ether oxygens (including phenoxy) is 1. The van der Waals surface area contributed by atoms with Gasteiger partial charge in [-0.3, -0.25) is 9.78 Å². The summed E-state index contributed by atoms with van der Waals surface area (Å²) in [5, 5.41) is 11.3. The zero-order valence-electron chi connectivity index (χ0n) is 16.5. The number of Topliss-reactive ketones (excluding diaryl/α,β-unsaturated/α-hetero) is 1. The number of rotatable bonds is 4. The maximum Gasteiger partial charge on any atom is 0.193 e. The van der Waals surface area contributed by atoms with Gasteiger partial charge in [0.1, 0.15) is 23.9 Å². The Bertz CT molecular complexity index is 1100. The molecule has 1 aliphatic carbocycles. The zero-order chi connectivity index (χ0) is 21.5. The summed E-state index contributed by atoms with van der Waals surface area (Å²) in [6.07, 6.45) is 1.62. The molecule has 2 aromatic carbocycles. The van der Waals surface area contributed by atoms with Crippen molar-refractivity contribution in [2.75, 3.05) is 0 Å². The van der Waals surface area contributed by atoms with E-state index >= 15 is 4.39 Å². The normalized spacial score (nSPS) is 20.0. The van der Waals surface area contributed by atoms with E-state index < -0.39 is 29.0 Å². The van der Waals surface area contributed by atoms with Crippen LogP contribution in [0.1, 0.15) is 47.1 Å². The fourth-order valence-corrected chi connectivity index (χ4v) is 4.06. The van der Waals surface area contributed by atoms with Crippen molar-refractivity contribution in [3.05, 3.63) is 88.2 Å². The first-order valence-electron chi connectivity index (χ1n) is 9.50. The minimum atomic E-state index is -1.25. The van der Waals surface area contributed by atoms with Gasteiger partial charge in [0.25, 0.3) is 0 Å². The maximum absolute atomic E-state index is 15.1. The first-order valence-corrected chi connectivity index (χ1v) is 9.88. The predicted molar refractivity (Wildman–Crippen MR) is 110 cm³/mol. The highest BCUT2D eigenvalue weighted by molar-refractivity contribution is 6.32. The fourth-order valence-electron chi connectivity index (χ4n) is 3.84. The van der Waals surface area contributed by atoms with Crippen LogP contribution >= 0.6 is 11.6 Å². The maximum atomic E-state index is 15.1. The summed E-state index contributed by atoms with van der Waals surface area (Å²) in [6, 6.07) is 11.9. The molecule has 2 unspecified atom stereocenters. The van der Waals surface area contributed by atoms with Gasteiger partial charge in [-0.15, -0.1) is 0 Å². The van der Waals surface area contributed by atoms with Gasteiger partial charge in [0.15, 0.2) is 5.78 Å². The van der Waals surface area contributed by atoms with E-state index in [1.165, 1.54) is 24.5 Å². The summed E-state index contributed by atoms with van der Waals surface area (Å²) >= 11 is 6.34. The van der Waals surface area contributed by atoms with Crippen LogP contribution in [-0.4, -0.2) is 27.0 Å². The van der Waals surface area contributed by atoms with E-state index in [0.717, 1.165) is 5.56 Å². The number of carbonyl (C=O) groups is 1. The average Bonchev–Trinajstić information content (AvgIpc) is 2.75. The predicted octanol–water partition coefficient (Wildman–Crippen LogP) is 4.47. The Kier molecular flexibility index (Phi) is 5.30. The fraction of sp³-hybridized carbons (Fsp3) is 0.261. The van der Waals surface area contributed by atoms with Crippen molar-refractivity contribution >= 4 is 17.4 Å². The van der Waals surface area contributed by atoms with Crippen LogP contribution in [0.25, 0.3) is 0 Å². The van der Waals surface area contributed by atoms with Crippen LogP contribution in [-0.2, 0) is 12.0 Å². The highest BCUT2D eigenvalue weighted by Gasteiger charge is 2.50. The van der Waals surface area contributed by atoms with Crippen LogP contribution in [0.15, 0.2) is 54.9 Å². The molecule has 0 fully saturated rings. The number of aliphatic hydroxyl groups is 1. The number of hydrogen-bond acceptors (Lipinski definition) is 5.